The number of amides is 2. The van der Waals surface area contributed by atoms with Gasteiger partial charge in [-0.05, 0) is 54.4 Å². The van der Waals surface area contributed by atoms with Gasteiger partial charge in [0.05, 0.1) is 13.2 Å². The molecule has 0 saturated carbocycles. The number of hydrogen-bond donors (Lipinski definition) is 3. The summed E-state index contributed by atoms with van der Waals surface area (Å²) < 4.78 is 5.08. The molecule has 0 unspecified atom stereocenters. The second kappa shape index (κ2) is 9.79. The Hall–Kier alpha value is -2.57. The number of benzene rings is 2. The fourth-order valence-corrected chi connectivity index (χ4v) is 2.11. The minimum atomic E-state index is -0.571. The third kappa shape index (κ3) is 5.75. The Labute approximate surface area is 159 Å². The van der Waals surface area contributed by atoms with Crippen LogP contribution in [-0.4, -0.2) is 25.0 Å². The summed E-state index contributed by atoms with van der Waals surface area (Å²) >= 11 is 0. The number of nitrogens with two attached hydrogens (primary N) is 1. The lowest BCUT2D eigenvalue weighted by Crippen LogP contribution is -2.39. The number of carbonyl (C=O) groups excluding carboxylic acids is 2. The first-order chi connectivity index (χ1) is 11.9. The molecule has 140 valence electrons. The summed E-state index contributed by atoms with van der Waals surface area (Å²) in [6.07, 6.45) is 0. The van der Waals surface area contributed by atoms with E-state index in [1.165, 1.54) is 0 Å². The molecule has 0 heterocycles. The van der Waals surface area contributed by atoms with Crippen LogP contribution in [0.3, 0.4) is 0 Å². The second-order valence-corrected chi connectivity index (χ2v) is 6.02. The Morgan fingerprint density at radius 3 is 1.92 bits per heavy atom. The highest BCUT2D eigenvalue weighted by Crippen LogP contribution is 2.17. The van der Waals surface area contributed by atoms with Crippen molar-refractivity contribution < 1.29 is 14.3 Å². The fraction of sp³-hybridized carbons (Fsp3) is 0.263. The molecule has 0 spiro atoms. The zero-order valence-electron chi connectivity index (χ0n) is 15.0. The summed E-state index contributed by atoms with van der Waals surface area (Å²) in [4.78, 5) is 24.2. The van der Waals surface area contributed by atoms with Crippen molar-refractivity contribution in [1.82, 2.24) is 0 Å². The van der Waals surface area contributed by atoms with Gasteiger partial charge in [-0.2, -0.15) is 0 Å². The van der Waals surface area contributed by atoms with Crippen LogP contribution in [0.4, 0.5) is 11.4 Å². The number of anilines is 2. The zero-order valence-corrected chi connectivity index (χ0v) is 15.8. The molecule has 0 aliphatic rings. The van der Waals surface area contributed by atoms with Gasteiger partial charge in [-0.15, -0.1) is 12.4 Å². The van der Waals surface area contributed by atoms with Crippen molar-refractivity contribution in [1.29, 1.82) is 0 Å². The smallest absolute Gasteiger partial charge is 0.255 e. The molecule has 0 bridgehead atoms. The predicted molar refractivity (Wildman–Crippen MR) is 106 cm³/mol. The fourth-order valence-electron chi connectivity index (χ4n) is 2.11. The molecule has 0 aromatic heterocycles. The second-order valence-electron chi connectivity index (χ2n) is 6.02. The normalized spacial score (nSPS) is 11.3. The van der Waals surface area contributed by atoms with Crippen LogP contribution in [0.15, 0.2) is 48.5 Å². The van der Waals surface area contributed by atoms with Crippen LogP contribution in [0.2, 0.25) is 0 Å². The van der Waals surface area contributed by atoms with E-state index in [1.807, 2.05) is 13.8 Å². The number of hydrogen-bond acceptors (Lipinski definition) is 4. The molecular weight excluding hydrogens is 354 g/mol. The molecule has 6 nitrogen and oxygen atoms in total. The lowest BCUT2D eigenvalue weighted by atomic mass is 10.0. The van der Waals surface area contributed by atoms with E-state index >= 15 is 0 Å². The Bertz CT molecular complexity index is 731. The molecule has 1 atom stereocenters. The summed E-state index contributed by atoms with van der Waals surface area (Å²) in [6.45, 7) is 3.77. The first-order valence-corrected chi connectivity index (χ1v) is 8.02. The largest absolute Gasteiger partial charge is 0.497 e. The number of methoxy groups -OCH3 is 1. The first-order valence-electron chi connectivity index (χ1n) is 8.02. The summed E-state index contributed by atoms with van der Waals surface area (Å²) in [5, 5.41) is 5.54. The first kappa shape index (κ1) is 21.5. The molecule has 2 amide bonds. The van der Waals surface area contributed by atoms with Crippen molar-refractivity contribution in [2.75, 3.05) is 17.7 Å². The van der Waals surface area contributed by atoms with Crippen LogP contribution in [0.25, 0.3) is 0 Å². The highest BCUT2D eigenvalue weighted by molar-refractivity contribution is 6.04. The van der Waals surface area contributed by atoms with Crippen molar-refractivity contribution in [2.24, 2.45) is 11.7 Å². The topological polar surface area (TPSA) is 93.5 Å². The summed E-state index contributed by atoms with van der Waals surface area (Å²) in [5.41, 5.74) is 7.57. The van der Waals surface area contributed by atoms with Crippen molar-refractivity contribution >= 4 is 35.6 Å². The Balaban J connectivity index is 0.00000338. The van der Waals surface area contributed by atoms with Crippen LogP contribution in [0.1, 0.15) is 24.2 Å². The summed E-state index contributed by atoms with van der Waals surface area (Å²) in [7, 11) is 1.59. The van der Waals surface area contributed by atoms with Gasteiger partial charge in [0.1, 0.15) is 5.75 Å². The van der Waals surface area contributed by atoms with Crippen LogP contribution in [-0.2, 0) is 4.79 Å². The Kier molecular flexibility index (Phi) is 8.09. The molecule has 2 aromatic carbocycles. The van der Waals surface area contributed by atoms with E-state index in [9.17, 15) is 9.59 Å². The highest BCUT2D eigenvalue weighted by Gasteiger charge is 2.17. The van der Waals surface area contributed by atoms with Crippen LogP contribution < -0.4 is 21.1 Å². The minimum Gasteiger partial charge on any atom is -0.497 e. The third-order valence-electron chi connectivity index (χ3n) is 3.78. The lowest BCUT2D eigenvalue weighted by Gasteiger charge is -2.15. The summed E-state index contributed by atoms with van der Waals surface area (Å²) in [6, 6.07) is 13.1. The van der Waals surface area contributed by atoms with Gasteiger partial charge in [0, 0.05) is 16.9 Å². The van der Waals surface area contributed by atoms with E-state index in [4.69, 9.17) is 10.5 Å². The van der Waals surface area contributed by atoms with E-state index in [1.54, 1.807) is 55.6 Å². The van der Waals surface area contributed by atoms with E-state index < -0.39 is 6.04 Å². The molecule has 4 N–H and O–H groups in total. The quantitative estimate of drug-likeness (QED) is 0.720. The highest BCUT2D eigenvalue weighted by atomic mass is 35.5. The Morgan fingerprint density at radius 1 is 0.923 bits per heavy atom. The average Bonchev–Trinajstić information content (AvgIpc) is 2.62. The number of carbonyl (C=O) groups is 2. The van der Waals surface area contributed by atoms with E-state index in [0.29, 0.717) is 16.9 Å². The van der Waals surface area contributed by atoms with Gasteiger partial charge in [-0.1, -0.05) is 13.8 Å². The summed E-state index contributed by atoms with van der Waals surface area (Å²) in [5.74, 6) is 0.291. The number of halogens is 1. The van der Waals surface area contributed by atoms with Crippen molar-refractivity contribution in [3.05, 3.63) is 54.1 Å². The number of nitrogens with one attached hydrogen (secondary N) is 2. The van der Waals surface area contributed by atoms with Gasteiger partial charge in [-0.3, -0.25) is 9.59 Å². The van der Waals surface area contributed by atoms with Gasteiger partial charge in [0.2, 0.25) is 5.91 Å². The molecule has 0 saturated heterocycles. The molecule has 0 radical (unpaired) electrons. The van der Waals surface area contributed by atoms with E-state index in [-0.39, 0.29) is 30.1 Å². The molecular formula is C19H24ClN3O3. The maximum absolute atomic E-state index is 12.2. The van der Waals surface area contributed by atoms with E-state index in [0.717, 1.165) is 5.75 Å². The van der Waals surface area contributed by atoms with Crippen LogP contribution in [0.5, 0.6) is 5.75 Å². The number of rotatable bonds is 6. The molecule has 0 aliphatic carbocycles. The van der Waals surface area contributed by atoms with Crippen molar-refractivity contribution in [3.8, 4) is 5.75 Å². The van der Waals surface area contributed by atoms with Gasteiger partial charge in [-0.25, -0.2) is 0 Å². The molecule has 26 heavy (non-hydrogen) atoms. The van der Waals surface area contributed by atoms with Gasteiger partial charge in [0.15, 0.2) is 0 Å². The predicted octanol–water partition coefficient (Wildman–Crippen LogP) is 3.29. The SMILES string of the molecule is COc1ccc(NC(=O)c2ccc(NC(=O)[C@@H](N)C(C)C)cc2)cc1.Cl. The maximum Gasteiger partial charge on any atom is 0.255 e. The van der Waals surface area contributed by atoms with Crippen molar-refractivity contribution in [3.63, 3.8) is 0 Å². The minimum absolute atomic E-state index is 0. The zero-order chi connectivity index (χ0) is 18.4. The lowest BCUT2D eigenvalue weighted by molar-refractivity contribution is -0.118. The van der Waals surface area contributed by atoms with Gasteiger partial charge >= 0.3 is 0 Å². The maximum atomic E-state index is 12.2. The van der Waals surface area contributed by atoms with Gasteiger partial charge in [0.25, 0.3) is 5.91 Å². The monoisotopic (exact) mass is 377 g/mol. The van der Waals surface area contributed by atoms with Crippen LogP contribution >= 0.6 is 12.4 Å². The molecule has 0 aliphatic heterocycles. The molecule has 2 aromatic rings. The van der Waals surface area contributed by atoms with E-state index in [2.05, 4.69) is 10.6 Å². The molecule has 0 fully saturated rings. The standard InChI is InChI=1S/C19H23N3O3.ClH/c1-12(2)17(20)19(24)22-14-6-4-13(5-7-14)18(23)21-15-8-10-16(25-3)11-9-15;/h4-12,17H,20H2,1-3H3,(H,21,23)(H,22,24);1H/t17-;/m0./s1. The third-order valence-corrected chi connectivity index (χ3v) is 3.78. The number of ether oxygens (including phenoxy) is 1. The molecule has 7 heteroatoms. The molecule has 2 rings (SSSR count). The van der Waals surface area contributed by atoms with Gasteiger partial charge < -0.3 is 21.1 Å². The van der Waals surface area contributed by atoms with Crippen molar-refractivity contribution in [2.45, 2.75) is 19.9 Å². The average molecular weight is 378 g/mol. The van der Waals surface area contributed by atoms with Crippen LogP contribution in [0, 0.1) is 5.92 Å². The Morgan fingerprint density at radius 2 is 1.42 bits per heavy atom.